The highest BCUT2D eigenvalue weighted by Gasteiger charge is 2.03. The molecule has 0 N–H and O–H groups in total. The minimum atomic E-state index is 0.611. The van der Waals surface area contributed by atoms with E-state index in [9.17, 15) is 0 Å². The summed E-state index contributed by atoms with van der Waals surface area (Å²) in [6, 6.07) is 9.86. The molecule has 13 heavy (non-hydrogen) atoms. The molecule has 2 aromatic carbocycles. The first-order valence-corrected chi connectivity index (χ1v) is 4.79. The molecule has 0 aliphatic carbocycles. The Balaban J connectivity index is 2.94. The Morgan fingerprint density at radius 1 is 0.923 bits per heavy atom. The summed E-state index contributed by atoms with van der Waals surface area (Å²) in [6.45, 7) is 2.06. The summed E-state index contributed by atoms with van der Waals surface area (Å²) in [5.74, 6) is 0. The zero-order chi connectivity index (χ0) is 9.42. The lowest BCUT2D eigenvalue weighted by Gasteiger charge is -2.04. The number of aryl methyl sites for hydroxylation is 1. The lowest BCUT2D eigenvalue weighted by molar-refractivity contribution is 1.53. The molecule has 2 aromatic rings. The second-order valence-electron chi connectivity index (χ2n) is 3.03. The van der Waals surface area contributed by atoms with Crippen molar-refractivity contribution in [3.8, 4) is 0 Å². The molecular formula is C11H8Cl2. The molecular weight excluding hydrogens is 203 g/mol. The summed E-state index contributed by atoms with van der Waals surface area (Å²) in [7, 11) is 0. The normalized spacial score (nSPS) is 10.7. The first-order valence-electron chi connectivity index (χ1n) is 4.03. The zero-order valence-corrected chi connectivity index (χ0v) is 8.65. The topological polar surface area (TPSA) is 0 Å². The Bertz CT molecular complexity index is 461. The monoisotopic (exact) mass is 210 g/mol. The Morgan fingerprint density at radius 3 is 2.46 bits per heavy atom. The molecule has 66 valence electrons. The van der Waals surface area contributed by atoms with Crippen LogP contribution in [0, 0.1) is 6.92 Å². The zero-order valence-electron chi connectivity index (χ0n) is 7.14. The molecule has 0 unspecified atom stereocenters. The largest absolute Gasteiger partial charge is 0.0827 e. The first-order chi connectivity index (χ1) is 6.20. The van der Waals surface area contributed by atoms with Gasteiger partial charge in [-0.05, 0) is 23.9 Å². The average molecular weight is 211 g/mol. The van der Waals surface area contributed by atoms with Gasteiger partial charge in [-0.1, -0.05) is 47.5 Å². The van der Waals surface area contributed by atoms with Gasteiger partial charge >= 0.3 is 0 Å². The van der Waals surface area contributed by atoms with E-state index in [-0.39, 0.29) is 0 Å². The molecule has 0 spiro atoms. The molecule has 0 radical (unpaired) electrons. The third-order valence-corrected chi connectivity index (χ3v) is 2.99. The molecule has 0 saturated heterocycles. The van der Waals surface area contributed by atoms with Crippen LogP contribution in [0.5, 0.6) is 0 Å². The minimum absolute atomic E-state index is 0.611. The van der Waals surface area contributed by atoms with Gasteiger partial charge in [-0.25, -0.2) is 0 Å². The maximum atomic E-state index is 6.07. The molecule has 0 aliphatic heterocycles. The van der Waals surface area contributed by atoms with E-state index in [1.54, 1.807) is 0 Å². The molecule has 0 aliphatic rings. The number of benzene rings is 2. The van der Waals surface area contributed by atoms with Crippen molar-refractivity contribution in [2.45, 2.75) is 6.92 Å². The van der Waals surface area contributed by atoms with Crippen LogP contribution < -0.4 is 0 Å². The standard InChI is InChI=1S/C11H8Cl2/c1-7-3-2-4-9-8(7)5-6-10(12)11(9)13/h2-6H,1H3. The van der Waals surface area contributed by atoms with Crippen LogP contribution in [0.15, 0.2) is 30.3 Å². The van der Waals surface area contributed by atoms with Crippen molar-refractivity contribution in [1.82, 2.24) is 0 Å². The molecule has 2 heteroatoms. The van der Waals surface area contributed by atoms with E-state index in [1.807, 2.05) is 24.3 Å². The summed E-state index contributed by atoms with van der Waals surface area (Å²) < 4.78 is 0. The van der Waals surface area contributed by atoms with Crippen molar-refractivity contribution in [3.05, 3.63) is 45.9 Å². The number of halogens is 2. The summed E-state index contributed by atoms with van der Waals surface area (Å²) in [5, 5.41) is 3.44. The first kappa shape index (κ1) is 8.86. The fourth-order valence-corrected chi connectivity index (χ4v) is 1.84. The lowest BCUT2D eigenvalue weighted by atomic mass is 10.1. The molecule has 0 atom stereocenters. The summed E-state index contributed by atoms with van der Waals surface area (Å²) in [6.07, 6.45) is 0. The fourth-order valence-electron chi connectivity index (χ4n) is 1.45. The van der Waals surface area contributed by atoms with Crippen LogP contribution in [0.2, 0.25) is 10.0 Å². The fraction of sp³-hybridized carbons (Fsp3) is 0.0909. The summed E-state index contributed by atoms with van der Waals surface area (Å²) in [4.78, 5) is 0. The van der Waals surface area contributed by atoms with Gasteiger partial charge in [0.25, 0.3) is 0 Å². The molecule has 0 fully saturated rings. The average Bonchev–Trinajstić information content (AvgIpc) is 2.12. The molecule has 0 saturated carbocycles. The van der Waals surface area contributed by atoms with Crippen molar-refractivity contribution < 1.29 is 0 Å². The van der Waals surface area contributed by atoms with Crippen LogP contribution in [-0.4, -0.2) is 0 Å². The third kappa shape index (κ3) is 1.41. The van der Waals surface area contributed by atoms with Crippen molar-refractivity contribution in [1.29, 1.82) is 0 Å². The van der Waals surface area contributed by atoms with Crippen molar-refractivity contribution in [2.75, 3.05) is 0 Å². The van der Waals surface area contributed by atoms with E-state index in [2.05, 4.69) is 13.0 Å². The van der Waals surface area contributed by atoms with E-state index in [4.69, 9.17) is 23.2 Å². The van der Waals surface area contributed by atoms with Crippen molar-refractivity contribution in [2.24, 2.45) is 0 Å². The molecule has 0 aromatic heterocycles. The van der Waals surface area contributed by atoms with E-state index < -0.39 is 0 Å². The SMILES string of the molecule is Cc1cccc2c(Cl)c(Cl)ccc12. The smallest absolute Gasteiger partial charge is 0.0670 e. The van der Waals surface area contributed by atoms with Gasteiger partial charge in [0.15, 0.2) is 0 Å². The van der Waals surface area contributed by atoms with Gasteiger partial charge in [-0.3, -0.25) is 0 Å². The highest BCUT2D eigenvalue weighted by Crippen LogP contribution is 2.31. The molecule has 0 nitrogen and oxygen atoms in total. The van der Waals surface area contributed by atoms with Gasteiger partial charge < -0.3 is 0 Å². The Morgan fingerprint density at radius 2 is 1.69 bits per heavy atom. The van der Waals surface area contributed by atoms with Gasteiger partial charge in [0.2, 0.25) is 0 Å². The molecule has 0 amide bonds. The van der Waals surface area contributed by atoms with Gasteiger partial charge in [0, 0.05) is 5.39 Å². The number of hydrogen-bond donors (Lipinski definition) is 0. The Hall–Kier alpha value is -0.720. The maximum Gasteiger partial charge on any atom is 0.0670 e. The minimum Gasteiger partial charge on any atom is -0.0827 e. The highest BCUT2D eigenvalue weighted by molar-refractivity contribution is 6.45. The molecule has 0 bridgehead atoms. The van der Waals surface area contributed by atoms with Crippen LogP contribution in [0.3, 0.4) is 0 Å². The van der Waals surface area contributed by atoms with Gasteiger partial charge in [-0.15, -0.1) is 0 Å². The van der Waals surface area contributed by atoms with Gasteiger partial charge in [0.05, 0.1) is 10.0 Å². The van der Waals surface area contributed by atoms with E-state index in [0.29, 0.717) is 10.0 Å². The molecule has 2 rings (SSSR count). The van der Waals surface area contributed by atoms with Crippen LogP contribution >= 0.6 is 23.2 Å². The summed E-state index contributed by atoms with van der Waals surface area (Å²) >= 11 is 12.0. The predicted octanol–water partition coefficient (Wildman–Crippen LogP) is 4.46. The van der Waals surface area contributed by atoms with Crippen molar-refractivity contribution >= 4 is 34.0 Å². The van der Waals surface area contributed by atoms with Crippen LogP contribution in [0.25, 0.3) is 10.8 Å². The Labute approximate surface area is 87.1 Å². The van der Waals surface area contributed by atoms with Gasteiger partial charge in [-0.2, -0.15) is 0 Å². The van der Waals surface area contributed by atoms with Gasteiger partial charge in [0.1, 0.15) is 0 Å². The summed E-state index contributed by atoms with van der Waals surface area (Å²) in [5.41, 5.74) is 1.22. The quantitative estimate of drug-likeness (QED) is 0.603. The predicted molar refractivity (Wildman–Crippen MR) is 58.7 cm³/mol. The van der Waals surface area contributed by atoms with E-state index in [0.717, 1.165) is 10.8 Å². The molecule has 0 heterocycles. The number of fused-ring (bicyclic) bond motifs is 1. The Kier molecular flexibility index (Phi) is 2.19. The second-order valence-corrected chi connectivity index (χ2v) is 3.82. The third-order valence-electron chi connectivity index (χ3n) is 2.17. The highest BCUT2D eigenvalue weighted by atomic mass is 35.5. The van der Waals surface area contributed by atoms with E-state index >= 15 is 0 Å². The van der Waals surface area contributed by atoms with Crippen LogP contribution in [0.1, 0.15) is 5.56 Å². The second kappa shape index (κ2) is 3.21. The number of rotatable bonds is 0. The lowest BCUT2D eigenvalue weighted by Crippen LogP contribution is -1.79. The number of hydrogen-bond acceptors (Lipinski definition) is 0. The van der Waals surface area contributed by atoms with Crippen LogP contribution in [0.4, 0.5) is 0 Å². The van der Waals surface area contributed by atoms with Crippen LogP contribution in [-0.2, 0) is 0 Å². The maximum absolute atomic E-state index is 6.07. The van der Waals surface area contributed by atoms with E-state index in [1.165, 1.54) is 5.56 Å². The van der Waals surface area contributed by atoms with Crippen molar-refractivity contribution in [3.63, 3.8) is 0 Å².